The van der Waals surface area contributed by atoms with E-state index in [4.69, 9.17) is 14.2 Å². The van der Waals surface area contributed by atoms with E-state index in [1.54, 1.807) is 36.3 Å². The van der Waals surface area contributed by atoms with Gasteiger partial charge >= 0.3 is 6.09 Å². The standard InChI is InChI=1S/C29H40FNO5/c1-21-13-6-7-15-23(21)35-24-16-12-14-22(26(24)30)29(33,18-9-11-20-34-5)25-17-8-10-19-31(25)27(32)36-28(2,3)4/h6-7,12-16,25,33H,8-11,17-20H2,1-5H3/t25-,29+/m1/s1. The van der Waals surface area contributed by atoms with E-state index in [1.165, 1.54) is 0 Å². The van der Waals surface area contributed by atoms with Crippen molar-refractivity contribution in [2.75, 3.05) is 20.3 Å². The summed E-state index contributed by atoms with van der Waals surface area (Å²) in [5.74, 6) is -0.0355. The summed E-state index contributed by atoms with van der Waals surface area (Å²) in [7, 11) is 1.63. The number of unbranched alkanes of at least 4 members (excludes halogenated alkanes) is 1. The molecule has 0 unspecified atom stereocenters. The van der Waals surface area contributed by atoms with Crippen LogP contribution in [0.2, 0.25) is 0 Å². The van der Waals surface area contributed by atoms with Crippen LogP contribution in [0.3, 0.4) is 0 Å². The Kier molecular flexibility index (Phi) is 9.36. The van der Waals surface area contributed by atoms with Crippen LogP contribution in [-0.4, -0.2) is 48.0 Å². The van der Waals surface area contributed by atoms with Gasteiger partial charge in [0, 0.05) is 25.8 Å². The summed E-state index contributed by atoms with van der Waals surface area (Å²) in [6, 6.07) is 11.6. The third-order valence-corrected chi connectivity index (χ3v) is 6.58. The second-order valence-electron chi connectivity index (χ2n) is 10.5. The van der Waals surface area contributed by atoms with Crippen LogP contribution in [0.15, 0.2) is 42.5 Å². The number of amides is 1. The number of carbonyl (C=O) groups excluding carboxylic acids is 1. The molecule has 1 aliphatic rings. The highest BCUT2D eigenvalue weighted by Gasteiger charge is 2.47. The Labute approximate surface area is 214 Å². The molecule has 2 aromatic rings. The van der Waals surface area contributed by atoms with Crippen LogP contribution in [0.4, 0.5) is 9.18 Å². The minimum Gasteiger partial charge on any atom is -0.454 e. The third kappa shape index (κ3) is 6.77. The van der Waals surface area contributed by atoms with Gasteiger partial charge in [0.05, 0.1) is 6.04 Å². The predicted octanol–water partition coefficient (Wildman–Crippen LogP) is 6.72. The van der Waals surface area contributed by atoms with E-state index in [0.717, 1.165) is 18.4 Å². The fourth-order valence-corrected chi connectivity index (χ4v) is 4.80. The number of para-hydroxylation sites is 1. The second kappa shape index (κ2) is 12.1. The molecule has 7 heteroatoms. The van der Waals surface area contributed by atoms with Crippen molar-refractivity contribution in [3.8, 4) is 11.5 Å². The summed E-state index contributed by atoms with van der Waals surface area (Å²) in [5.41, 5.74) is -1.30. The Morgan fingerprint density at radius 1 is 1.08 bits per heavy atom. The van der Waals surface area contributed by atoms with Crippen molar-refractivity contribution in [3.63, 3.8) is 0 Å². The molecule has 0 aliphatic carbocycles. The number of carbonyl (C=O) groups is 1. The first kappa shape index (κ1) is 27.9. The van der Waals surface area contributed by atoms with Crippen molar-refractivity contribution in [1.29, 1.82) is 0 Å². The van der Waals surface area contributed by atoms with Gasteiger partial charge in [0.2, 0.25) is 0 Å². The van der Waals surface area contributed by atoms with E-state index in [2.05, 4.69) is 0 Å². The number of hydrogen-bond donors (Lipinski definition) is 1. The first-order valence-electron chi connectivity index (χ1n) is 12.8. The number of nitrogens with zero attached hydrogens (tertiary/aromatic N) is 1. The Morgan fingerprint density at radius 3 is 2.50 bits per heavy atom. The number of benzene rings is 2. The number of ether oxygens (including phenoxy) is 3. The second-order valence-corrected chi connectivity index (χ2v) is 10.5. The van der Waals surface area contributed by atoms with Crippen LogP contribution in [-0.2, 0) is 15.1 Å². The Balaban J connectivity index is 2.01. The van der Waals surface area contributed by atoms with Crippen molar-refractivity contribution >= 4 is 6.09 Å². The first-order valence-corrected chi connectivity index (χ1v) is 12.8. The highest BCUT2D eigenvalue weighted by Crippen LogP contribution is 2.42. The lowest BCUT2D eigenvalue weighted by molar-refractivity contribution is -0.0811. The summed E-state index contributed by atoms with van der Waals surface area (Å²) in [5, 5.41) is 12.3. The van der Waals surface area contributed by atoms with Gasteiger partial charge in [-0.1, -0.05) is 30.3 Å². The maximum Gasteiger partial charge on any atom is 0.410 e. The quantitative estimate of drug-likeness (QED) is 0.386. The lowest BCUT2D eigenvalue weighted by atomic mass is 9.77. The third-order valence-electron chi connectivity index (χ3n) is 6.58. The number of likely N-dealkylation sites (tertiary alicyclic amines) is 1. The molecule has 0 aromatic heterocycles. The van der Waals surface area contributed by atoms with Gasteiger partial charge in [0.1, 0.15) is 17.0 Å². The van der Waals surface area contributed by atoms with Gasteiger partial charge in [-0.2, -0.15) is 0 Å². The van der Waals surface area contributed by atoms with Crippen molar-refractivity contribution in [2.24, 2.45) is 0 Å². The highest BCUT2D eigenvalue weighted by molar-refractivity contribution is 5.69. The van der Waals surface area contributed by atoms with E-state index in [1.807, 2.05) is 45.9 Å². The summed E-state index contributed by atoms with van der Waals surface area (Å²) in [6.07, 6.45) is 3.26. The van der Waals surface area contributed by atoms with Gasteiger partial charge in [-0.15, -0.1) is 0 Å². The average molecular weight is 502 g/mol. The number of halogens is 1. The summed E-state index contributed by atoms with van der Waals surface area (Å²) in [4.78, 5) is 14.7. The molecule has 1 saturated heterocycles. The van der Waals surface area contributed by atoms with Gasteiger partial charge in [0.25, 0.3) is 0 Å². The molecule has 0 radical (unpaired) electrons. The molecule has 1 amide bonds. The smallest absolute Gasteiger partial charge is 0.410 e. The van der Waals surface area contributed by atoms with Gasteiger partial charge < -0.3 is 24.2 Å². The van der Waals surface area contributed by atoms with Crippen molar-refractivity contribution in [2.45, 2.75) is 83.5 Å². The number of aliphatic hydroxyl groups is 1. The molecule has 1 aliphatic heterocycles. The van der Waals surface area contributed by atoms with E-state index in [9.17, 15) is 9.90 Å². The molecule has 0 bridgehead atoms. The molecular weight excluding hydrogens is 461 g/mol. The highest BCUT2D eigenvalue weighted by atomic mass is 19.1. The van der Waals surface area contributed by atoms with Crippen LogP contribution >= 0.6 is 0 Å². The molecule has 3 rings (SSSR count). The lowest BCUT2D eigenvalue weighted by Crippen LogP contribution is -2.56. The molecule has 1 N–H and O–H groups in total. The monoisotopic (exact) mass is 501 g/mol. The number of aryl methyl sites for hydroxylation is 1. The topological polar surface area (TPSA) is 68.2 Å². The first-order chi connectivity index (χ1) is 17.1. The number of rotatable bonds is 9. The zero-order chi connectivity index (χ0) is 26.3. The minimum absolute atomic E-state index is 0.0387. The van der Waals surface area contributed by atoms with Crippen LogP contribution in [0.1, 0.15) is 70.4 Å². The zero-order valence-corrected chi connectivity index (χ0v) is 22.2. The molecule has 1 heterocycles. The normalized spacial score (nSPS) is 18.0. The molecule has 2 aromatic carbocycles. The number of hydrogen-bond acceptors (Lipinski definition) is 5. The molecule has 1 fully saturated rings. The van der Waals surface area contributed by atoms with Gasteiger partial charge in [-0.3, -0.25) is 0 Å². The van der Waals surface area contributed by atoms with Crippen LogP contribution in [0.25, 0.3) is 0 Å². The maximum atomic E-state index is 16.1. The molecule has 0 spiro atoms. The SMILES string of the molecule is COCCCC[C@](O)(c1cccc(Oc2ccccc2C)c1F)[C@H]1CCCCN1C(=O)OC(C)(C)C. The predicted molar refractivity (Wildman–Crippen MR) is 138 cm³/mol. The fraction of sp³-hybridized carbons (Fsp3) is 0.552. The molecule has 6 nitrogen and oxygen atoms in total. The summed E-state index contributed by atoms with van der Waals surface area (Å²) >= 11 is 0. The summed E-state index contributed by atoms with van der Waals surface area (Å²) < 4.78 is 32.9. The number of methoxy groups -OCH3 is 1. The van der Waals surface area contributed by atoms with E-state index >= 15 is 4.39 Å². The lowest BCUT2D eigenvalue weighted by Gasteiger charge is -2.46. The largest absolute Gasteiger partial charge is 0.454 e. The van der Waals surface area contributed by atoms with Crippen LogP contribution < -0.4 is 4.74 Å². The molecule has 0 saturated carbocycles. The molecule has 198 valence electrons. The summed E-state index contributed by atoms with van der Waals surface area (Å²) in [6.45, 7) is 8.31. The van der Waals surface area contributed by atoms with Crippen molar-refractivity contribution in [1.82, 2.24) is 4.90 Å². The van der Waals surface area contributed by atoms with Crippen LogP contribution in [0.5, 0.6) is 11.5 Å². The Hall–Kier alpha value is -2.64. The zero-order valence-electron chi connectivity index (χ0n) is 22.2. The van der Waals surface area contributed by atoms with Gasteiger partial charge in [-0.05, 0) is 83.9 Å². The van der Waals surface area contributed by atoms with Crippen molar-refractivity contribution in [3.05, 3.63) is 59.4 Å². The minimum atomic E-state index is -1.62. The van der Waals surface area contributed by atoms with E-state index in [-0.39, 0.29) is 17.7 Å². The van der Waals surface area contributed by atoms with Crippen molar-refractivity contribution < 1.29 is 28.5 Å². The number of piperidine rings is 1. The average Bonchev–Trinajstić information content (AvgIpc) is 2.83. The van der Waals surface area contributed by atoms with Gasteiger partial charge in [0.15, 0.2) is 11.6 Å². The fourth-order valence-electron chi connectivity index (χ4n) is 4.80. The maximum absolute atomic E-state index is 16.1. The molecule has 2 atom stereocenters. The van der Waals surface area contributed by atoms with Gasteiger partial charge in [-0.25, -0.2) is 9.18 Å². The van der Waals surface area contributed by atoms with E-state index in [0.29, 0.717) is 38.2 Å². The Morgan fingerprint density at radius 2 is 1.81 bits per heavy atom. The Bertz CT molecular complexity index is 1020. The molecule has 36 heavy (non-hydrogen) atoms. The van der Waals surface area contributed by atoms with E-state index < -0.39 is 29.2 Å². The molecular formula is C29H40FNO5. The van der Waals surface area contributed by atoms with Crippen LogP contribution in [0, 0.1) is 12.7 Å².